The number of nitrogens with two attached hydrogens (primary N) is 1. The van der Waals surface area contributed by atoms with Crippen LogP contribution in [0.25, 0.3) is 0 Å². The van der Waals surface area contributed by atoms with E-state index >= 15 is 0 Å². The summed E-state index contributed by atoms with van der Waals surface area (Å²) in [5.41, 5.74) is 7.09. The number of benzene rings is 1. The quantitative estimate of drug-likeness (QED) is 0.0739. The Hall–Kier alpha value is -4.41. The summed E-state index contributed by atoms with van der Waals surface area (Å²) < 4.78 is 1.51. The number of rotatable bonds is 12. The largest absolute Gasteiger partial charge is 0.477 e. The minimum absolute atomic E-state index is 0.101. The number of fused-ring (bicyclic) bond motifs is 1. The first-order valence-electron chi connectivity index (χ1n) is 12.7. The Morgan fingerprint density at radius 1 is 1.19 bits per heavy atom. The Kier molecular flexibility index (Phi) is 9.27. The molecule has 13 nitrogen and oxygen atoms in total. The maximum Gasteiger partial charge on any atom is 0.370 e. The van der Waals surface area contributed by atoms with E-state index in [0.717, 1.165) is 21.8 Å². The minimum Gasteiger partial charge on any atom is -0.477 e. The number of thioether (sulfide) groups is 2. The number of nitrogens with one attached hydrogen (secondary N) is 1. The Bertz CT molecular complexity index is 1610. The molecule has 0 bridgehead atoms. The van der Waals surface area contributed by atoms with Crippen LogP contribution in [0, 0.1) is 0 Å². The molecule has 3 aromatic rings. The summed E-state index contributed by atoms with van der Waals surface area (Å²) in [7, 11) is 0. The summed E-state index contributed by atoms with van der Waals surface area (Å²) in [6, 6.07) is 11.7. The molecule has 2 atom stereocenters. The lowest BCUT2D eigenvalue weighted by Gasteiger charge is -2.49. The van der Waals surface area contributed by atoms with E-state index in [0.29, 0.717) is 17.1 Å². The van der Waals surface area contributed by atoms with Crippen molar-refractivity contribution in [3.8, 4) is 0 Å². The van der Waals surface area contributed by atoms with Crippen LogP contribution in [0.4, 0.5) is 5.13 Å². The molecule has 16 heteroatoms. The number of nitrogen functional groups attached to an aromatic ring is 1. The normalized spacial score (nSPS) is 18.1. The number of carboxylic acid groups (broad SMARTS) is 2. The third kappa shape index (κ3) is 6.98. The van der Waals surface area contributed by atoms with Gasteiger partial charge in [-0.15, -0.1) is 34.9 Å². The molecule has 2 amide bonds. The molecule has 5 rings (SSSR count). The Balaban J connectivity index is 1.27. The van der Waals surface area contributed by atoms with E-state index in [4.69, 9.17) is 15.7 Å². The molecule has 0 aliphatic carbocycles. The molecule has 1 unspecified atom stereocenters. The zero-order valence-corrected chi connectivity index (χ0v) is 24.7. The van der Waals surface area contributed by atoms with Crippen molar-refractivity contribution in [3.63, 3.8) is 0 Å². The third-order valence-corrected chi connectivity index (χ3v) is 9.45. The Labute approximate surface area is 257 Å². The van der Waals surface area contributed by atoms with Crippen LogP contribution in [-0.4, -0.2) is 72.5 Å². The average Bonchev–Trinajstić information content (AvgIpc) is 3.42. The van der Waals surface area contributed by atoms with E-state index in [1.165, 1.54) is 33.0 Å². The number of amides is 2. The lowest BCUT2D eigenvalue weighted by molar-refractivity contribution is -0.686. The van der Waals surface area contributed by atoms with Crippen LogP contribution in [0.15, 0.2) is 81.6 Å². The maximum absolute atomic E-state index is 13.3. The summed E-state index contributed by atoms with van der Waals surface area (Å²) in [5.74, 6) is -2.81. The monoisotopic (exact) mass is 641 g/mol. The highest BCUT2D eigenvalue weighted by molar-refractivity contribution is 8.01. The molecule has 0 spiro atoms. The van der Waals surface area contributed by atoms with Crippen molar-refractivity contribution < 1.29 is 38.8 Å². The Morgan fingerprint density at radius 3 is 2.58 bits per heavy atom. The summed E-state index contributed by atoms with van der Waals surface area (Å²) in [4.78, 5) is 61.2. The van der Waals surface area contributed by atoms with Crippen LogP contribution in [-0.2, 0) is 37.2 Å². The molecule has 2 aliphatic heterocycles. The number of carboxylic acids is 2. The highest BCUT2D eigenvalue weighted by Gasteiger charge is 2.54. The van der Waals surface area contributed by atoms with Crippen molar-refractivity contribution in [2.45, 2.75) is 29.5 Å². The first-order chi connectivity index (χ1) is 20.7. The Morgan fingerprint density at radius 2 is 1.93 bits per heavy atom. The van der Waals surface area contributed by atoms with E-state index in [1.807, 2.05) is 30.3 Å². The van der Waals surface area contributed by atoms with Crippen molar-refractivity contribution in [3.05, 3.63) is 82.8 Å². The van der Waals surface area contributed by atoms with Crippen LogP contribution in [0.1, 0.15) is 11.3 Å². The lowest BCUT2D eigenvalue weighted by Crippen LogP contribution is -2.71. The number of β-lactam (4-membered cyclic amide) rings is 1. The second kappa shape index (κ2) is 13.3. The van der Waals surface area contributed by atoms with Gasteiger partial charge in [0.2, 0.25) is 6.54 Å². The van der Waals surface area contributed by atoms with Crippen molar-refractivity contribution in [1.29, 1.82) is 0 Å². The van der Waals surface area contributed by atoms with Gasteiger partial charge in [-0.2, -0.15) is 4.57 Å². The van der Waals surface area contributed by atoms with E-state index in [9.17, 15) is 24.3 Å². The molecule has 5 N–H and O–H groups in total. The zero-order valence-electron chi connectivity index (χ0n) is 22.3. The van der Waals surface area contributed by atoms with Crippen molar-refractivity contribution in [1.82, 2.24) is 15.2 Å². The number of thiazole rings is 1. The standard InChI is InChI=1S/C27H24N6O7S3/c28-27-29-18(14-43-27)20(31-40-11-15-4-2-1-3-5-15)23(36)30-21-24(37)33-22(26(38)39)16(13-42-25(21)33)12-41-17-6-8-32(9-7-17)10-19(34)35/h1-9,14,21,25H,10-13H2,(H4-,28,29,30,34,35,36,38,39)/p+1/b31-20-/t21?,25-/m1/s1. The number of anilines is 1. The van der Waals surface area contributed by atoms with Gasteiger partial charge >= 0.3 is 11.9 Å². The second-order valence-corrected chi connectivity index (χ2v) is 12.3. The highest BCUT2D eigenvalue weighted by Crippen LogP contribution is 2.41. The number of pyridine rings is 1. The molecule has 43 heavy (non-hydrogen) atoms. The number of hydrogen-bond donors (Lipinski definition) is 4. The predicted molar refractivity (Wildman–Crippen MR) is 159 cm³/mol. The van der Waals surface area contributed by atoms with E-state index in [2.05, 4.69) is 15.5 Å². The van der Waals surface area contributed by atoms with Gasteiger partial charge in [-0.05, 0) is 11.1 Å². The first-order valence-corrected chi connectivity index (χ1v) is 15.6. The minimum atomic E-state index is -1.24. The van der Waals surface area contributed by atoms with Crippen LogP contribution < -0.4 is 15.6 Å². The smallest absolute Gasteiger partial charge is 0.370 e. The van der Waals surface area contributed by atoms with E-state index in [-0.39, 0.29) is 35.4 Å². The number of carbonyl (C=O) groups is 4. The summed E-state index contributed by atoms with van der Waals surface area (Å²) in [5, 5.41) is 26.7. The van der Waals surface area contributed by atoms with Gasteiger partial charge in [0.15, 0.2) is 23.2 Å². The maximum atomic E-state index is 13.3. The third-order valence-electron chi connectivity index (χ3n) is 6.34. The number of hydrogen-bond acceptors (Lipinski definition) is 11. The zero-order chi connectivity index (χ0) is 30.5. The van der Waals surface area contributed by atoms with Gasteiger partial charge in [0.25, 0.3) is 11.8 Å². The van der Waals surface area contributed by atoms with Gasteiger partial charge in [-0.25, -0.2) is 14.6 Å². The molecular formula is C27H25N6O7S3+. The SMILES string of the molecule is Nc1nc(/C(=N/OCc2ccccc2)C(=O)NC2C(=O)N3C(C(=O)O)=C(CSc4cc[n+](CC(=O)O)cc4)CS[C@H]23)cs1. The molecule has 1 fully saturated rings. The molecule has 0 radical (unpaired) electrons. The van der Waals surface area contributed by atoms with Crippen LogP contribution in [0.2, 0.25) is 0 Å². The van der Waals surface area contributed by atoms with Gasteiger partial charge < -0.3 is 26.1 Å². The number of aromatic nitrogens is 2. The molecule has 2 aliphatic rings. The number of aliphatic carboxylic acids is 2. The number of oxime groups is 1. The van der Waals surface area contributed by atoms with Gasteiger partial charge in [0, 0.05) is 33.9 Å². The fraction of sp³-hybridized carbons (Fsp3) is 0.222. The van der Waals surface area contributed by atoms with Crippen LogP contribution in [0.5, 0.6) is 0 Å². The lowest BCUT2D eigenvalue weighted by atomic mass is 10.0. The molecule has 2 aromatic heterocycles. The average molecular weight is 642 g/mol. The second-order valence-electron chi connectivity index (χ2n) is 9.28. The predicted octanol–water partition coefficient (Wildman–Crippen LogP) is 1.55. The molecule has 1 saturated heterocycles. The highest BCUT2D eigenvalue weighted by atomic mass is 32.2. The molecule has 1 aromatic carbocycles. The summed E-state index contributed by atoms with van der Waals surface area (Å²) in [6.07, 6.45) is 3.26. The summed E-state index contributed by atoms with van der Waals surface area (Å²) in [6.45, 7) is -0.0668. The van der Waals surface area contributed by atoms with Gasteiger partial charge in [0.1, 0.15) is 29.4 Å². The topological polar surface area (TPSA) is 188 Å². The molecule has 222 valence electrons. The van der Waals surface area contributed by atoms with Crippen LogP contribution in [0.3, 0.4) is 0 Å². The van der Waals surface area contributed by atoms with Crippen molar-refractivity contribution in [2.24, 2.45) is 5.16 Å². The van der Waals surface area contributed by atoms with Crippen LogP contribution >= 0.6 is 34.9 Å². The van der Waals surface area contributed by atoms with Crippen molar-refractivity contribution in [2.75, 3.05) is 17.2 Å². The van der Waals surface area contributed by atoms with E-state index < -0.39 is 35.2 Å². The summed E-state index contributed by atoms with van der Waals surface area (Å²) >= 11 is 3.85. The van der Waals surface area contributed by atoms with Gasteiger partial charge in [0.05, 0.1) is 0 Å². The number of nitrogens with zero attached hydrogens (tertiary/aromatic N) is 4. The molecular weight excluding hydrogens is 617 g/mol. The fourth-order valence-corrected chi connectivity index (χ4v) is 7.24. The first kappa shape index (κ1) is 30.1. The molecule has 0 saturated carbocycles. The van der Waals surface area contributed by atoms with E-state index in [1.54, 1.807) is 29.9 Å². The fourth-order valence-electron chi connectivity index (χ4n) is 4.32. The van der Waals surface area contributed by atoms with Gasteiger partial charge in [-0.1, -0.05) is 35.5 Å². The van der Waals surface area contributed by atoms with Crippen molar-refractivity contribution >= 4 is 69.5 Å². The molecule has 4 heterocycles. The van der Waals surface area contributed by atoms with Gasteiger partial charge in [-0.3, -0.25) is 14.5 Å². The number of carbonyl (C=O) groups excluding carboxylic acids is 2.